The highest BCUT2D eigenvalue weighted by atomic mass is 32.1. The van der Waals surface area contributed by atoms with Crippen molar-refractivity contribution < 1.29 is 14.0 Å². The van der Waals surface area contributed by atoms with Crippen molar-refractivity contribution in [2.24, 2.45) is 0 Å². The monoisotopic (exact) mass is 451 g/mol. The number of carbonyl (C=O) groups excluding carboxylic acids is 2. The fraction of sp³-hybridized carbons (Fsp3) is 0.320. The first-order chi connectivity index (χ1) is 15.5. The van der Waals surface area contributed by atoms with Crippen molar-refractivity contribution in [3.8, 4) is 11.3 Å². The van der Waals surface area contributed by atoms with Crippen molar-refractivity contribution in [1.82, 2.24) is 14.7 Å². The third-order valence-corrected chi connectivity index (χ3v) is 6.68. The lowest BCUT2D eigenvalue weighted by Gasteiger charge is -2.03. The Hall–Kier alpha value is -3.06. The maximum absolute atomic E-state index is 14.6. The van der Waals surface area contributed by atoms with Gasteiger partial charge in [0.15, 0.2) is 10.7 Å². The number of carbonyl (C=O) groups is 2. The van der Waals surface area contributed by atoms with Crippen LogP contribution in [-0.2, 0) is 0 Å². The number of unbranched alkanes of at least 4 members (excludes halogenated alkanes) is 4. The fourth-order valence-corrected chi connectivity index (χ4v) is 4.89. The first-order valence-electron chi connectivity index (χ1n) is 11.0. The minimum Gasteiger partial charge on any atom is -0.355 e. The minimum atomic E-state index is -0.493. The predicted octanol–water partition coefficient (Wildman–Crippen LogP) is 6.26. The van der Waals surface area contributed by atoms with Crippen LogP contribution in [0.4, 0.5) is 4.39 Å². The Balaban J connectivity index is 1.56. The molecule has 4 rings (SSSR count). The van der Waals surface area contributed by atoms with Crippen molar-refractivity contribution in [2.45, 2.75) is 45.4 Å². The van der Waals surface area contributed by atoms with Crippen LogP contribution in [-0.4, -0.2) is 28.1 Å². The number of benzene rings is 2. The first-order valence-corrected chi connectivity index (χ1v) is 11.8. The van der Waals surface area contributed by atoms with Gasteiger partial charge in [-0.3, -0.25) is 14.0 Å². The number of ketones is 1. The van der Waals surface area contributed by atoms with E-state index in [0.29, 0.717) is 17.7 Å². The van der Waals surface area contributed by atoms with E-state index in [1.807, 2.05) is 22.6 Å². The minimum absolute atomic E-state index is 0.174. The Kier molecular flexibility index (Phi) is 6.65. The van der Waals surface area contributed by atoms with Crippen LogP contribution in [0.25, 0.3) is 26.4 Å². The first kappa shape index (κ1) is 22.1. The average Bonchev–Trinajstić information content (AvgIpc) is 3.35. The molecular weight excluding hydrogens is 425 g/mol. The third-order valence-electron chi connectivity index (χ3n) is 5.66. The lowest BCUT2D eigenvalue weighted by Crippen LogP contribution is -2.17. The van der Waals surface area contributed by atoms with Crippen LogP contribution >= 0.6 is 11.3 Å². The summed E-state index contributed by atoms with van der Waals surface area (Å²) in [6.07, 6.45) is 7.99. The summed E-state index contributed by atoms with van der Waals surface area (Å²) >= 11 is 1.47. The average molecular weight is 452 g/mol. The van der Waals surface area contributed by atoms with E-state index in [0.717, 1.165) is 33.6 Å². The van der Waals surface area contributed by atoms with E-state index in [1.54, 1.807) is 18.3 Å². The number of nitrogens with one attached hydrogen (secondary N) is 1. The second-order valence-electron chi connectivity index (χ2n) is 7.92. The summed E-state index contributed by atoms with van der Waals surface area (Å²) < 4.78 is 17.5. The molecule has 0 fully saturated rings. The molecule has 0 aliphatic rings. The molecule has 1 N–H and O–H groups in total. The molecule has 4 aromatic rings. The van der Waals surface area contributed by atoms with E-state index in [9.17, 15) is 14.0 Å². The summed E-state index contributed by atoms with van der Waals surface area (Å²) in [5.41, 5.74) is 2.78. The molecule has 2 aromatic carbocycles. The summed E-state index contributed by atoms with van der Waals surface area (Å²) in [5, 5.41) is 2.49. The van der Waals surface area contributed by atoms with Gasteiger partial charge in [-0.15, -0.1) is 0 Å². The smallest absolute Gasteiger partial charge is 0.251 e. The number of aromatic nitrogens is 2. The molecule has 0 spiro atoms. The molecule has 0 atom stereocenters. The molecule has 0 aliphatic carbocycles. The standard InChI is InChI=1S/C25H26FN3O2S/c1-3-4-5-6-7-8-22(30)16-10-12-21-23(14-16)32-25-28-20(15-29(21)25)18-11-9-17(13-19(18)26)24(31)27-2/h9-15H,3-8H2,1-2H3,(H,27,31). The number of nitrogens with zero attached hydrogens (tertiary/aromatic N) is 2. The molecule has 1 amide bonds. The molecule has 7 heteroatoms. The Labute approximate surface area is 190 Å². The molecule has 0 unspecified atom stereocenters. The third kappa shape index (κ3) is 4.43. The van der Waals surface area contributed by atoms with E-state index in [1.165, 1.54) is 43.7 Å². The van der Waals surface area contributed by atoms with E-state index < -0.39 is 5.82 Å². The summed E-state index contributed by atoms with van der Waals surface area (Å²) in [7, 11) is 1.51. The molecule has 0 aliphatic heterocycles. The second kappa shape index (κ2) is 9.61. The zero-order chi connectivity index (χ0) is 22.7. The van der Waals surface area contributed by atoms with Crippen molar-refractivity contribution in [3.63, 3.8) is 0 Å². The quantitative estimate of drug-likeness (QED) is 0.241. The van der Waals surface area contributed by atoms with E-state index in [2.05, 4.69) is 17.2 Å². The fourth-order valence-electron chi connectivity index (χ4n) is 3.85. The number of hydrogen-bond donors (Lipinski definition) is 1. The largest absolute Gasteiger partial charge is 0.355 e. The highest BCUT2D eigenvalue weighted by Crippen LogP contribution is 2.31. The van der Waals surface area contributed by atoms with Gasteiger partial charge < -0.3 is 5.32 Å². The zero-order valence-corrected chi connectivity index (χ0v) is 19.1. The van der Waals surface area contributed by atoms with Crippen molar-refractivity contribution in [3.05, 3.63) is 59.5 Å². The maximum atomic E-state index is 14.6. The van der Waals surface area contributed by atoms with Gasteiger partial charge in [-0.1, -0.05) is 43.9 Å². The molecule has 0 saturated heterocycles. The molecule has 32 heavy (non-hydrogen) atoms. The Morgan fingerprint density at radius 2 is 1.84 bits per heavy atom. The normalized spacial score (nSPS) is 11.3. The lowest BCUT2D eigenvalue weighted by atomic mass is 10.0. The van der Waals surface area contributed by atoms with E-state index >= 15 is 0 Å². The zero-order valence-electron chi connectivity index (χ0n) is 18.3. The van der Waals surface area contributed by atoms with Gasteiger partial charge >= 0.3 is 0 Å². The molecule has 0 saturated carbocycles. The van der Waals surface area contributed by atoms with Gasteiger partial charge in [-0.25, -0.2) is 9.37 Å². The van der Waals surface area contributed by atoms with E-state index in [4.69, 9.17) is 0 Å². The van der Waals surface area contributed by atoms with Crippen LogP contribution in [0.5, 0.6) is 0 Å². The van der Waals surface area contributed by atoms with Crippen LogP contribution in [0.2, 0.25) is 0 Å². The number of thiazole rings is 1. The summed E-state index contributed by atoms with van der Waals surface area (Å²) in [4.78, 5) is 29.6. The maximum Gasteiger partial charge on any atom is 0.251 e. The number of imidazole rings is 1. The van der Waals surface area contributed by atoms with Crippen molar-refractivity contribution in [1.29, 1.82) is 0 Å². The number of amides is 1. The van der Waals surface area contributed by atoms with Crippen LogP contribution in [0.3, 0.4) is 0 Å². The number of rotatable bonds is 9. The summed E-state index contributed by atoms with van der Waals surface area (Å²) in [6, 6.07) is 10.1. The molecule has 0 bridgehead atoms. The molecule has 166 valence electrons. The molecule has 2 aromatic heterocycles. The van der Waals surface area contributed by atoms with Gasteiger partial charge in [-0.2, -0.15) is 0 Å². The Morgan fingerprint density at radius 1 is 1.06 bits per heavy atom. The molecule has 2 heterocycles. The van der Waals surface area contributed by atoms with Crippen LogP contribution in [0, 0.1) is 5.82 Å². The van der Waals surface area contributed by atoms with Crippen LogP contribution < -0.4 is 5.32 Å². The summed E-state index contributed by atoms with van der Waals surface area (Å²) in [5.74, 6) is -0.653. The molecular formula is C25H26FN3O2S. The number of Topliss-reactive ketones (excluding diaryl/α,β-unsaturated/α-hetero) is 1. The van der Waals surface area contributed by atoms with Gasteiger partial charge in [0.2, 0.25) is 0 Å². The van der Waals surface area contributed by atoms with Gasteiger partial charge in [0.05, 0.1) is 15.9 Å². The van der Waals surface area contributed by atoms with Crippen molar-refractivity contribution >= 4 is 38.2 Å². The number of hydrogen-bond acceptors (Lipinski definition) is 4. The lowest BCUT2D eigenvalue weighted by molar-refractivity contribution is 0.0959. The Morgan fingerprint density at radius 3 is 2.59 bits per heavy atom. The van der Waals surface area contributed by atoms with Gasteiger partial charge in [0.25, 0.3) is 5.91 Å². The predicted molar refractivity (Wildman–Crippen MR) is 127 cm³/mol. The highest BCUT2D eigenvalue weighted by molar-refractivity contribution is 7.23. The SMILES string of the molecule is CCCCCCCC(=O)c1ccc2c(c1)sc1nc(-c3ccc(C(=O)NC)cc3F)cn12. The topological polar surface area (TPSA) is 63.5 Å². The number of fused-ring (bicyclic) bond motifs is 3. The van der Waals surface area contributed by atoms with Gasteiger partial charge in [-0.05, 0) is 42.8 Å². The Bertz CT molecular complexity index is 1290. The summed E-state index contributed by atoms with van der Waals surface area (Å²) in [6.45, 7) is 2.18. The van der Waals surface area contributed by atoms with Crippen LogP contribution in [0.1, 0.15) is 66.2 Å². The van der Waals surface area contributed by atoms with Crippen LogP contribution in [0.15, 0.2) is 42.6 Å². The molecule has 5 nitrogen and oxygen atoms in total. The van der Waals surface area contributed by atoms with Gasteiger partial charge in [0.1, 0.15) is 5.82 Å². The second-order valence-corrected chi connectivity index (χ2v) is 8.93. The van der Waals surface area contributed by atoms with Crippen molar-refractivity contribution in [2.75, 3.05) is 7.05 Å². The van der Waals surface area contributed by atoms with Gasteiger partial charge in [0, 0.05) is 36.4 Å². The number of halogens is 1. The highest BCUT2D eigenvalue weighted by Gasteiger charge is 2.16. The molecule has 0 radical (unpaired) electrons. The van der Waals surface area contributed by atoms with E-state index in [-0.39, 0.29) is 17.3 Å².